The van der Waals surface area contributed by atoms with Crippen molar-refractivity contribution in [1.82, 2.24) is 15.3 Å². The standard InChI is InChI=1S/C29H26BrN3O/c1-17(2)21-13-10-19-16-29(14-5-15-31-29)26(25(19)24(21)18-8-11-20(30)12-9-18)27(34)28-32-22-6-3-4-7-23(22)33-28/h3-4,6-13,16-17,31H,5,14-15H2,1-2H3,(H,32,33). The lowest BCUT2D eigenvalue weighted by molar-refractivity contribution is 0.103. The lowest BCUT2D eigenvalue weighted by Gasteiger charge is -2.25. The van der Waals surface area contributed by atoms with E-state index in [2.05, 4.69) is 87.5 Å². The second kappa shape index (κ2) is 8.03. The lowest BCUT2D eigenvalue weighted by Crippen LogP contribution is -2.41. The summed E-state index contributed by atoms with van der Waals surface area (Å²) in [5, 5.41) is 5.86. The predicted octanol–water partition coefficient (Wildman–Crippen LogP) is 5.07. The Hall–Kier alpha value is -3.02. The number of aromatic nitrogens is 2. The maximum atomic E-state index is 14.3. The quantitative estimate of drug-likeness (QED) is 0.376. The number of ketones is 1. The Kier molecular flexibility index (Phi) is 5.08. The van der Waals surface area contributed by atoms with Gasteiger partial charge in [-0.25, -0.2) is 4.98 Å². The Bertz CT molecular complexity index is 1520. The topological polar surface area (TPSA) is 57.8 Å². The molecule has 2 heterocycles. The van der Waals surface area contributed by atoms with Crippen molar-refractivity contribution >= 4 is 44.4 Å². The first-order valence-corrected chi connectivity index (χ1v) is 12.7. The van der Waals surface area contributed by atoms with Gasteiger partial charge < -0.3 is 10.3 Å². The molecule has 34 heavy (non-hydrogen) atoms. The van der Waals surface area contributed by atoms with E-state index in [1.807, 2.05) is 24.3 Å². The van der Waals surface area contributed by atoms with Gasteiger partial charge in [0.15, 0.2) is 5.82 Å². The van der Waals surface area contributed by atoms with E-state index in [1.54, 1.807) is 0 Å². The molecule has 1 aliphatic carbocycles. The van der Waals surface area contributed by atoms with Crippen LogP contribution in [0.5, 0.6) is 0 Å². The summed E-state index contributed by atoms with van der Waals surface area (Å²) in [7, 11) is 0. The Morgan fingerprint density at radius 2 is 1.85 bits per heavy atom. The first kappa shape index (κ1) is 21.5. The number of carbonyl (C=O) groups excluding carboxylic acids is 1. The largest absolute Gasteiger partial charge is 0.335 e. The molecule has 1 aliphatic heterocycles. The fourth-order valence-corrected chi connectivity index (χ4v) is 5.86. The minimum atomic E-state index is -0.460. The average Bonchev–Trinajstić information content (AvgIpc) is 3.55. The number of H-pyrrole nitrogens is 1. The van der Waals surface area contributed by atoms with E-state index in [0.29, 0.717) is 11.7 Å². The molecule has 5 heteroatoms. The molecule has 1 saturated heterocycles. The normalized spacial score (nSPS) is 19.2. The van der Waals surface area contributed by atoms with Crippen molar-refractivity contribution in [2.75, 3.05) is 6.54 Å². The van der Waals surface area contributed by atoms with Crippen LogP contribution >= 0.6 is 15.9 Å². The van der Waals surface area contributed by atoms with Gasteiger partial charge in [-0.3, -0.25) is 4.79 Å². The van der Waals surface area contributed by atoms with E-state index in [1.165, 1.54) is 5.56 Å². The molecule has 0 bridgehead atoms. The van der Waals surface area contributed by atoms with Gasteiger partial charge in [0.05, 0.1) is 16.6 Å². The summed E-state index contributed by atoms with van der Waals surface area (Å²) in [6.07, 6.45) is 4.21. The SMILES string of the molecule is CC(C)c1ccc2c(c1-c1ccc(Br)cc1)=C(C(=O)c1nc3ccccc3[nH]1)C1(C=2)CCCN1. The van der Waals surface area contributed by atoms with Crippen LogP contribution in [0, 0.1) is 0 Å². The highest BCUT2D eigenvalue weighted by Gasteiger charge is 2.43. The highest BCUT2D eigenvalue weighted by Crippen LogP contribution is 2.36. The molecule has 1 unspecified atom stereocenters. The third-order valence-electron chi connectivity index (χ3n) is 7.14. The molecule has 3 aromatic carbocycles. The Morgan fingerprint density at radius 1 is 1.06 bits per heavy atom. The molecule has 4 aromatic rings. The van der Waals surface area contributed by atoms with Crippen molar-refractivity contribution in [3.63, 3.8) is 0 Å². The summed E-state index contributed by atoms with van der Waals surface area (Å²) >= 11 is 3.57. The Balaban J connectivity index is 1.70. The van der Waals surface area contributed by atoms with Gasteiger partial charge in [-0.05, 0) is 76.7 Å². The van der Waals surface area contributed by atoms with Crippen LogP contribution in [0.25, 0.3) is 33.8 Å². The molecule has 2 aliphatic rings. The molecule has 1 fully saturated rings. The van der Waals surface area contributed by atoms with Crippen molar-refractivity contribution in [2.45, 2.75) is 38.1 Å². The molecule has 1 spiro atoms. The van der Waals surface area contributed by atoms with Gasteiger partial charge in [0.1, 0.15) is 0 Å². The second-order valence-electron chi connectivity index (χ2n) is 9.61. The van der Waals surface area contributed by atoms with Gasteiger partial charge in [0.25, 0.3) is 0 Å². The van der Waals surface area contributed by atoms with Crippen LogP contribution in [-0.2, 0) is 0 Å². The number of aromatic amines is 1. The molecule has 1 atom stereocenters. The molecule has 0 amide bonds. The van der Waals surface area contributed by atoms with Gasteiger partial charge in [-0.2, -0.15) is 0 Å². The number of Topliss-reactive ketones (excluding diaryl/α,β-unsaturated/α-hetero) is 1. The molecule has 4 nitrogen and oxygen atoms in total. The van der Waals surface area contributed by atoms with E-state index in [4.69, 9.17) is 0 Å². The van der Waals surface area contributed by atoms with E-state index >= 15 is 0 Å². The maximum Gasteiger partial charge on any atom is 0.227 e. The highest BCUT2D eigenvalue weighted by molar-refractivity contribution is 9.10. The smallest absolute Gasteiger partial charge is 0.227 e. The molecule has 170 valence electrons. The maximum absolute atomic E-state index is 14.3. The summed E-state index contributed by atoms with van der Waals surface area (Å²) in [6.45, 7) is 5.33. The van der Waals surface area contributed by atoms with Crippen LogP contribution in [0.15, 0.2) is 65.1 Å². The number of carbonyl (C=O) groups is 1. The van der Waals surface area contributed by atoms with Crippen molar-refractivity contribution < 1.29 is 4.79 Å². The molecule has 1 aromatic heterocycles. The van der Waals surface area contributed by atoms with Crippen molar-refractivity contribution in [1.29, 1.82) is 0 Å². The molecular formula is C29H26BrN3O. The number of para-hydroxylation sites is 2. The predicted molar refractivity (Wildman–Crippen MR) is 141 cm³/mol. The molecule has 0 saturated carbocycles. The number of nitrogens with zero attached hydrogens (tertiary/aromatic N) is 1. The molecule has 0 radical (unpaired) electrons. The Labute approximate surface area is 206 Å². The third-order valence-corrected chi connectivity index (χ3v) is 7.67. The van der Waals surface area contributed by atoms with Crippen LogP contribution in [0.1, 0.15) is 48.8 Å². The summed E-state index contributed by atoms with van der Waals surface area (Å²) in [5.74, 6) is 0.696. The third kappa shape index (κ3) is 3.29. The molecular weight excluding hydrogens is 486 g/mol. The minimum Gasteiger partial charge on any atom is -0.335 e. The van der Waals surface area contributed by atoms with Gasteiger partial charge in [0.2, 0.25) is 5.78 Å². The van der Waals surface area contributed by atoms with Crippen LogP contribution in [0.4, 0.5) is 0 Å². The number of imidazole rings is 1. The number of halogens is 1. The summed E-state index contributed by atoms with van der Waals surface area (Å²) < 4.78 is 1.04. The molecule has 2 N–H and O–H groups in total. The summed E-state index contributed by atoms with van der Waals surface area (Å²) in [6, 6.07) is 20.7. The second-order valence-corrected chi connectivity index (χ2v) is 10.5. The first-order chi connectivity index (χ1) is 16.5. The van der Waals surface area contributed by atoms with Crippen molar-refractivity contribution in [3.05, 3.63) is 87.0 Å². The number of nitrogens with one attached hydrogen (secondary N) is 2. The van der Waals surface area contributed by atoms with Crippen molar-refractivity contribution in [3.8, 4) is 11.1 Å². The number of hydrogen-bond donors (Lipinski definition) is 2. The zero-order chi connectivity index (χ0) is 23.4. The van der Waals surface area contributed by atoms with Gasteiger partial charge in [-0.1, -0.05) is 72.3 Å². The van der Waals surface area contributed by atoms with Crippen LogP contribution < -0.4 is 15.8 Å². The summed E-state index contributed by atoms with van der Waals surface area (Å²) in [4.78, 5) is 22.2. The zero-order valence-electron chi connectivity index (χ0n) is 19.3. The zero-order valence-corrected chi connectivity index (χ0v) is 20.9. The lowest BCUT2D eigenvalue weighted by atomic mass is 9.84. The van der Waals surface area contributed by atoms with Crippen LogP contribution in [0.2, 0.25) is 0 Å². The van der Waals surface area contributed by atoms with Gasteiger partial charge in [-0.15, -0.1) is 0 Å². The van der Waals surface area contributed by atoms with Crippen LogP contribution in [0.3, 0.4) is 0 Å². The van der Waals surface area contributed by atoms with Crippen molar-refractivity contribution in [2.24, 2.45) is 0 Å². The van der Waals surface area contributed by atoms with E-state index in [9.17, 15) is 4.79 Å². The number of fused-ring (bicyclic) bond motifs is 2. The number of rotatable bonds is 4. The fraction of sp³-hybridized carbons (Fsp3) is 0.241. The average molecular weight is 512 g/mol. The monoisotopic (exact) mass is 511 g/mol. The van der Waals surface area contributed by atoms with Gasteiger partial charge in [0, 0.05) is 10.0 Å². The van der Waals surface area contributed by atoms with Crippen LogP contribution in [-0.4, -0.2) is 27.8 Å². The molecule has 6 rings (SSSR count). The first-order valence-electron chi connectivity index (χ1n) is 11.9. The Morgan fingerprint density at radius 3 is 2.56 bits per heavy atom. The van der Waals surface area contributed by atoms with E-state index < -0.39 is 5.54 Å². The highest BCUT2D eigenvalue weighted by atomic mass is 79.9. The van der Waals surface area contributed by atoms with Gasteiger partial charge >= 0.3 is 0 Å². The van der Waals surface area contributed by atoms with E-state index in [-0.39, 0.29) is 5.78 Å². The summed E-state index contributed by atoms with van der Waals surface area (Å²) in [5.41, 5.74) is 5.58. The van der Waals surface area contributed by atoms with E-state index in [0.717, 1.165) is 62.0 Å². The fourth-order valence-electron chi connectivity index (χ4n) is 5.59. The minimum absolute atomic E-state index is 0.0279. The number of benzene rings is 3. The number of hydrogen-bond acceptors (Lipinski definition) is 3.